The van der Waals surface area contributed by atoms with Crippen molar-refractivity contribution in [2.24, 2.45) is 42.6 Å². The highest BCUT2D eigenvalue weighted by atomic mass is 19.4. The van der Waals surface area contributed by atoms with Gasteiger partial charge in [0.25, 0.3) is 5.91 Å². The van der Waals surface area contributed by atoms with E-state index in [4.69, 9.17) is 0 Å². The summed E-state index contributed by atoms with van der Waals surface area (Å²) in [5.41, 5.74) is 0.940. The largest absolute Gasteiger partial charge is 0.573 e. The molecule has 2 aromatic rings. The molecule has 2 saturated carbocycles. The number of hydrogen-bond donors (Lipinski definition) is 0. The third-order valence-electron chi connectivity index (χ3n) is 8.50. The van der Waals surface area contributed by atoms with Crippen molar-refractivity contribution in [3.05, 3.63) is 60.2 Å². The Labute approximate surface area is 208 Å². The molecule has 192 valence electrons. The predicted octanol–water partition coefficient (Wildman–Crippen LogP) is 4.35. The topological polar surface area (TPSA) is 50.6 Å². The van der Waals surface area contributed by atoms with Crippen molar-refractivity contribution in [1.82, 2.24) is 19.4 Å². The molecule has 0 spiro atoms. The SMILES string of the molecule is Cn1cnc(C(=O)N(Cc2cccc(OC(F)(F)F)c2)CC2C3CN(CC4CC5C=CC4C5)CC32)c1. The summed E-state index contributed by atoms with van der Waals surface area (Å²) in [5, 5.41) is 0. The van der Waals surface area contributed by atoms with Gasteiger partial charge in [0.1, 0.15) is 11.4 Å². The van der Waals surface area contributed by atoms with E-state index in [-0.39, 0.29) is 18.2 Å². The van der Waals surface area contributed by atoms with Gasteiger partial charge in [-0.1, -0.05) is 24.3 Å². The number of piperidine rings is 1. The minimum atomic E-state index is -4.76. The minimum absolute atomic E-state index is 0.201. The van der Waals surface area contributed by atoms with E-state index in [1.807, 2.05) is 0 Å². The zero-order valence-corrected chi connectivity index (χ0v) is 20.3. The number of ether oxygens (including phenoxy) is 1. The summed E-state index contributed by atoms with van der Waals surface area (Å²) in [4.78, 5) is 21.9. The Morgan fingerprint density at radius 2 is 2.00 bits per heavy atom. The molecule has 3 aliphatic carbocycles. The molecule has 9 heteroatoms. The van der Waals surface area contributed by atoms with E-state index in [9.17, 15) is 18.0 Å². The van der Waals surface area contributed by atoms with Crippen LogP contribution >= 0.6 is 0 Å². The number of rotatable bonds is 8. The molecule has 0 radical (unpaired) electrons. The van der Waals surface area contributed by atoms with Crippen LogP contribution in [0, 0.1) is 35.5 Å². The molecule has 4 aliphatic rings. The van der Waals surface area contributed by atoms with Gasteiger partial charge in [-0.2, -0.15) is 0 Å². The van der Waals surface area contributed by atoms with Crippen LogP contribution in [0.15, 0.2) is 48.9 Å². The van der Waals surface area contributed by atoms with Gasteiger partial charge in [-0.15, -0.1) is 13.2 Å². The zero-order chi connectivity index (χ0) is 25.0. The summed E-state index contributed by atoms with van der Waals surface area (Å²) in [6.07, 6.45) is 5.95. The number of allylic oxidation sites excluding steroid dienone is 2. The number of hydrogen-bond acceptors (Lipinski definition) is 4. The second-order valence-corrected chi connectivity index (χ2v) is 11.1. The maximum Gasteiger partial charge on any atom is 0.573 e. The molecule has 1 aliphatic heterocycles. The number of imidazole rings is 1. The van der Waals surface area contributed by atoms with Crippen molar-refractivity contribution in [3.63, 3.8) is 0 Å². The van der Waals surface area contributed by atoms with Crippen molar-refractivity contribution in [3.8, 4) is 5.75 Å². The standard InChI is InChI=1S/C27H31F3N4O2/c1-32-15-25(31-16-32)26(35)34(10-18-3-2-4-21(9-18)36-27(28,29)30)14-24-22-12-33(13-23(22)24)11-20-8-17-5-6-19(20)7-17/h2-6,9,15-17,19-20,22-24H,7-8,10-14H2,1H3. The Morgan fingerprint density at radius 1 is 1.19 bits per heavy atom. The Kier molecular flexibility index (Phi) is 5.85. The maximum absolute atomic E-state index is 13.3. The summed E-state index contributed by atoms with van der Waals surface area (Å²) >= 11 is 0. The van der Waals surface area contributed by atoms with Gasteiger partial charge in [-0.05, 0) is 66.0 Å². The first-order valence-electron chi connectivity index (χ1n) is 12.7. The Bertz CT molecular complexity index is 1150. The number of fused-ring (bicyclic) bond motifs is 3. The number of nitrogens with zero attached hydrogens (tertiary/aromatic N) is 4. The van der Waals surface area contributed by atoms with Crippen LogP contribution in [0.5, 0.6) is 5.75 Å². The summed E-state index contributed by atoms with van der Waals surface area (Å²) in [6, 6.07) is 5.87. The molecular formula is C27H31F3N4O2. The number of carbonyl (C=O) groups excluding carboxylic acids is 1. The Balaban J connectivity index is 1.11. The average Bonchev–Trinajstić information content (AvgIpc) is 3.39. The number of carbonyl (C=O) groups is 1. The fraction of sp³-hybridized carbons (Fsp3) is 0.556. The van der Waals surface area contributed by atoms with Crippen LogP contribution in [0.4, 0.5) is 13.2 Å². The number of aryl methyl sites for hydroxylation is 1. The van der Waals surface area contributed by atoms with Crippen LogP contribution < -0.4 is 4.74 Å². The Hall–Kier alpha value is -2.81. The van der Waals surface area contributed by atoms with Crippen LogP contribution in [0.25, 0.3) is 0 Å². The van der Waals surface area contributed by atoms with Gasteiger partial charge in [0.15, 0.2) is 0 Å². The van der Waals surface area contributed by atoms with E-state index >= 15 is 0 Å². The van der Waals surface area contributed by atoms with Gasteiger partial charge in [0, 0.05) is 46.0 Å². The average molecular weight is 501 g/mol. The summed E-state index contributed by atoms with van der Waals surface area (Å²) in [5.74, 6) is 3.43. The second-order valence-electron chi connectivity index (χ2n) is 11.1. The van der Waals surface area contributed by atoms with Crippen LogP contribution in [0.3, 0.4) is 0 Å². The number of aromatic nitrogens is 2. The maximum atomic E-state index is 13.3. The molecule has 3 fully saturated rings. The molecule has 1 amide bonds. The summed E-state index contributed by atoms with van der Waals surface area (Å²) in [7, 11) is 1.80. The second kappa shape index (κ2) is 8.94. The molecule has 5 unspecified atom stereocenters. The molecule has 6 nitrogen and oxygen atoms in total. The normalized spacial score (nSPS) is 30.6. The molecule has 1 aromatic carbocycles. The molecule has 36 heavy (non-hydrogen) atoms. The van der Waals surface area contributed by atoms with Gasteiger partial charge in [-0.25, -0.2) is 4.98 Å². The molecule has 2 bridgehead atoms. The van der Waals surface area contributed by atoms with Crippen molar-refractivity contribution in [1.29, 1.82) is 0 Å². The fourth-order valence-electron chi connectivity index (χ4n) is 6.81. The highest BCUT2D eigenvalue weighted by Gasteiger charge is 2.56. The van der Waals surface area contributed by atoms with Gasteiger partial charge in [0.05, 0.1) is 6.33 Å². The highest BCUT2D eigenvalue weighted by Crippen LogP contribution is 2.53. The van der Waals surface area contributed by atoms with E-state index in [2.05, 4.69) is 26.8 Å². The number of likely N-dealkylation sites (tertiary alicyclic amines) is 1. The third-order valence-corrected chi connectivity index (χ3v) is 8.50. The molecule has 6 rings (SSSR count). The van der Waals surface area contributed by atoms with E-state index in [1.165, 1.54) is 37.6 Å². The van der Waals surface area contributed by atoms with Gasteiger partial charge >= 0.3 is 6.36 Å². The fourth-order valence-corrected chi connectivity index (χ4v) is 6.81. The zero-order valence-electron chi connectivity index (χ0n) is 20.3. The lowest BCUT2D eigenvalue weighted by atomic mass is 9.93. The quantitative estimate of drug-likeness (QED) is 0.506. The van der Waals surface area contributed by atoms with E-state index in [0.29, 0.717) is 35.6 Å². The monoisotopic (exact) mass is 500 g/mol. The lowest BCUT2D eigenvalue weighted by Gasteiger charge is -2.28. The van der Waals surface area contributed by atoms with Gasteiger partial charge in [0.2, 0.25) is 0 Å². The van der Waals surface area contributed by atoms with Crippen LogP contribution in [-0.2, 0) is 13.6 Å². The molecule has 2 heterocycles. The number of halogens is 3. The molecule has 5 atom stereocenters. The summed E-state index contributed by atoms with van der Waals surface area (Å²) < 4.78 is 43.9. The summed E-state index contributed by atoms with van der Waals surface area (Å²) in [6.45, 7) is 4.12. The third kappa shape index (κ3) is 4.90. The highest BCUT2D eigenvalue weighted by molar-refractivity contribution is 5.92. The predicted molar refractivity (Wildman–Crippen MR) is 127 cm³/mol. The van der Waals surface area contributed by atoms with Crippen molar-refractivity contribution >= 4 is 5.91 Å². The Morgan fingerprint density at radius 3 is 2.64 bits per heavy atom. The number of alkyl halides is 3. The molecule has 0 N–H and O–H groups in total. The van der Waals surface area contributed by atoms with Crippen LogP contribution in [0.1, 0.15) is 28.9 Å². The van der Waals surface area contributed by atoms with Crippen LogP contribution in [0.2, 0.25) is 0 Å². The van der Waals surface area contributed by atoms with Crippen molar-refractivity contribution in [2.75, 3.05) is 26.2 Å². The van der Waals surface area contributed by atoms with Gasteiger partial charge < -0.3 is 19.1 Å². The smallest absolute Gasteiger partial charge is 0.406 e. The molecule has 1 saturated heterocycles. The lowest BCUT2D eigenvalue weighted by molar-refractivity contribution is -0.274. The van der Waals surface area contributed by atoms with E-state index < -0.39 is 6.36 Å². The van der Waals surface area contributed by atoms with Crippen molar-refractivity contribution in [2.45, 2.75) is 25.7 Å². The first kappa shape index (κ1) is 23.6. The van der Waals surface area contributed by atoms with E-state index in [1.54, 1.807) is 35.1 Å². The number of benzene rings is 1. The molecular weight excluding hydrogens is 469 g/mol. The molecule has 1 aromatic heterocycles. The van der Waals surface area contributed by atoms with Gasteiger partial charge in [-0.3, -0.25) is 4.79 Å². The first-order chi connectivity index (χ1) is 17.2. The minimum Gasteiger partial charge on any atom is -0.406 e. The van der Waals surface area contributed by atoms with Crippen LogP contribution in [-0.4, -0.2) is 57.8 Å². The van der Waals surface area contributed by atoms with E-state index in [0.717, 1.165) is 30.8 Å². The van der Waals surface area contributed by atoms with Crippen molar-refractivity contribution < 1.29 is 22.7 Å². The first-order valence-corrected chi connectivity index (χ1v) is 12.7. The number of amides is 1. The lowest BCUT2D eigenvalue weighted by Crippen LogP contribution is -2.36.